The van der Waals surface area contributed by atoms with E-state index in [0.717, 1.165) is 0 Å². The Morgan fingerprint density at radius 3 is 1.68 bits per heavy atom. The molecule has 9 aromatic rings. The maximum Gasteiger partial charge on any atom is 0.0221 e. The fourth-order valence-corrected chi connectivity index (χ4v) is 12.6. The molecule has 0 spiro atoms. The molecule has 12 rings (SSSR count). The average molecular weight is 815 g/mol. The maximum atomic E-state index is 2.69. The van der Waals surface area contributed by atoms with E-state index in [0.29, 0.717) is 0 Å². The largest absolute Gasteiger partial charge is 0.0654 e. The monoisotopic (exact) mass is 814 g/mol. The third-order valence-corrected chi connectivity index (χ3v) is 15.8. The molecule has 0 fully saturated rings. The van der Waals surface area contributed by atoms with Crippen molar-refractivity contribution in [3.8, 4) is 55.6 Å². The molecule has 0 amide bonds. The summed E-state index contributed by atoms with van der Waals surface area (Å²) >= 11 is 0. The Hall–Kier alpha value is -5.98. The minimum atomic E-state index is -0.0533. The Morgan fingerprint density at radius 1 is 0.397 bits per heavy atom. The Morgan fingerprint density at radius 2 is 1.02 bits per heavy atom. The number of fused-ring (bicyclic) bond motifs is 7. The second-order valence-electron chi connectivity index (χ2n) is 19.3. The topological polar surface area (TPSA) is 0 Å². The molecule has 0 atom stereocenters. The number of unbranched alkanes of at least 4 members (excludes halogenated alkanes) is 6. The van der Waals surface area contributed by atoms with Gasteiger partial charge in [0.15, 0.2) is 0 Å². The van der Waals surface area contributed by atoms with Gasteiger partial charge in [-0.05, 0) is 178 Å². The van der Waals surface area contributed by atoms with Crippen molar-refractivity contribution in [1.82, 2.24) is 0 Å². The first-order chi connectivity index (χ1) is 31.2. The van der Waals surface area contributed by atoms with E-state index < -0.39 is 0 Å². The van der Waals surface area contributed by atoms with E-state index in [1.165, 1.54) is 189 Å². The third-order valence-electron chi connectivity index (χ3n) is 15.8. The van der Waals surface area contributed by atoms with Gasteiger partial charge in [0.1, 0.15) is 0 Å². The molecule has 0 saturated carbocycles. The average Bonchev–Trinajstić information content (AvgIpc) is 3.59. The van der Waals surface area contributed by atoms with E-state index in [-0.39, 0.29) is 5.41 Å². The fraction of sp³-hybridized carbons (Fsp3) is 0.270. The lowest BCUT2D eigenvalue weighted by atomic mass is 9.68. The first kappa shape index (κ1) is 38.7. The molecule has 9 aromatic carbocycles. The molecule has 0 aliphatic heterocycles. The van der Waals surface area contributed by atoms with Crippen LogP contribution in [0.3, 0.4) is 0 Å². The van der Waals surface area contributed by atoms with Gasteiger partial charge in [0.05, 0.1) is 0 Å². The number of aryl methyl sites for hydroxylation is 2. The van der Waals surface area contributed by atoms with E-state index in [1.54, 1.807) is 22.3 Å². The predicted octanol–water partition coefficient (Wildman–Crippen LogP) is 17.7. The van der Waals surface area contributed by atoms with Crippen LogP contribution in [0.1, 0.15) is 111 Å². The van der Waals surface area contributed by atoms with Crippen molar-refractivity contribution in [2.75, 3.05) is 0 Å². The van der Waals surface area contributed by atoms with Gasteiger partial charge >= 0.3 is 0 Å². The summed E-state index contributed by atoms with van der Waals surface area (Å²) in [4.78, 5) is 0. The van der Waals surface area contributed by atoms with Crippen LogP contribution in [0.4, 0.5) is 0 Å². The Labute approximate surface area is 374 Å². The molecule has 0 bridgehead atoms. The van der Waals surface area contributed by atoms with Crippen molar-refractivity contribution >= 4 is 32.3 Å². The molecule has 0 heterocycles. The predicted molar refractivity (Wildman–Crippen MR) is 270 cm³/mol. The number of hydrogen-bond donors (Lipinski definition) is 0. The molecule has 0 radical (unpaired) electrons. The van der Waals surface area contributed by atoms with Crippen molar-refractivity contribution < 1.29 is 0 Å². The van der Waals surface area contributed by atoms with Crippen LogP contribution in [0.2, 0.25) is 0 Å². The van der Waals surface area contributed by atoms with Gasteiger partial charge in [-0.15, -0.1) is 0 Å². The molecule has 3 aliphatic rings. The highest BCUT2D eigenvalue weighted by Gasteiger charge is 2.45. The van der Waals surface area contributed by atoms with Crippen LogP contribution in [0.5, 0.6) is 0 Å². The minimum Gasteiger partial charge on any atom is -0.0654 e. The third kappa shape index (κ3) is 6.08. The van der Waals surface area contributed by atoms with Gasteiger partial charge in [0.25, 0.3) is 0 Å². The van der Waals surface area contributed by atoms with Gasteiger partial charge in [-0.3, -0.25) is 0 Å². The molecule has 0 aromatic heterocycles. The molecule has 310 valence electrons. The summed E-state index contributed by atoms with van der Waals surface area (Å²) in [6.45, 7) is 4.71. The van der Waals surface area contributed by atoms with Crippen molar-refractivity contribution in [2.24, 2.45) is 0 Å². The lowest BCUT2D eigenvalue weighted by Crippen LogP contribution is -2.26. The molecular formula is C63H58. The standard InChI is InChI=1S/C63H58/c1-3-5-7-12-36-63(37-13-8-6-4-2)58-40-45(48-24-15-21-43-29-33-50(43)48)31-35-53(58)61-54-26-16-22-46-39-57(52-25-17-27-55(62(61)63)60(52)59(46)54)51-34-30-44(38-56(51)41-18-10-9-11-19-41)47-23-14-20-42-28-32-49(42)47/h9-11,14-27,30-31,34-35,38-40H,3-8,12-13,28-29,32-33,36-37H2,1-2H3. The van der Waals surface area contributed by atoms with Crippen molar-refractivity contribution in [3.63, 3.8) is 0 Å². The Bertz CT molecular complexity index is 3180. The number of rotatable bonds is 14. The van der Waals surface area contributed by atoms with Gasteiger partial charge in [-0.1, -0.05) is 193 Å². The molecular weight excluding hydrogens is 757 g/mol. The van der Waals surface area contributed by atoms with Crippen LogP contribution in [-0.2, 0) is 31.1 Å². The van der Waals surface area contributed by atoms with E-state index in [1.807, 2.05) is 0 Å². The Balaban J connectivity index is 1.13. The zero-order valence-electron chi connectivity index (χ0n) is 37.3. The van der Waals surface area contributed by atoms with Crippen LogP contribution in [0.25, 0.3) is 88.0 Å². The molecule has 0 saturated heterocycles. The summed E-state index contributed by atoms with van der Waals surface area (Å²) in [6.07, 6.45) is 17.4. The zero-order valence-corrected chi connectivity index (χ0v) is 37.3. The molecule has 0 heteroatoms. The molecule has 0 unspecified atom stereocenters. The van der Waals surface area contributed by atoms with E-state index in [2.05, 4.69) is 159 Å². The van der Waals surface area contributed by atoms with Crippen molar-refractivity contribution in [2.45, 2.75) is 109 Å². The molecule has 0 nitrogen and oxygen atoms in total. The quantitative estimate of drug-likeness (QED) is 0.0758. The van der Waals surface area contributed by atoms with Gasteiger partial charge in [-0.2, -0.15) is 0 Å². The summed E-state index contributed by atoms with van der Waals surface area (Å²) in [6, 6.07) is 57.2. The van der Waals surface area contributed by atoms with Gasteiger partial charge in [0.2, 0.25) is 0 Å². The Kier molecular flexibility index (Phi) is 9.62. The van der Waals surface area contributed by atoms with Crippen LogP contribution in [0, 0.1) is 0 Å². The molecule has 3 aliphatic carbocycles. The lowest BCUT2D eigenvalue weighted by Gasteiger charge is -2.35. The number of benzene rings is 9. The van der Waals surface area contributed by atoms with Crippen molar-refractivity contribution in [1.29, 1.82) is 0 Å². The second-order valence-corrected chi connectivity index (χ2v) is 19.3. The van der Waals surface area contributed by atoms with Gasteiger partial charge in [-0.25, -0.2) is 0 Å². The smallest absolute Gasteiger partial charge is 0.0221 e. The first-order valence-electron chi connectivity index (χ1n) is 24.5. The van der Waals surface area contributed by atoms with Crippen LogP contribution in [-0.4, -0.2) is 0 Å². The van der Waals surface area contributed by atoms with E-state index in [9.17, 15) is 0 Å². The van der Waals surface area contributed by atoms with E-state index in [4.69, 9.17) is 0 Å². The first-order valence-corrected chi connectivity index (χ1v) is 24.5. The minimum absolute atomic E-state index is 0.0533. The summed E-state index contributed by atoms with van der Waals surface area (Å²) in [5.41, 5.74) is 23.1. The maximum absolute atomic E-state index is 2.69. The van der Waals surface area contributed by atoms with Crippen LogP contribution in [0.15, 0.2) is 146 Å². The van der Waals surface area contributed by atoms with Crippen molar-refractivity contribution in [3.05, 3.63) is 179 Å². The van der Waals surface area contributed by atoms with Crippen LogP contribution < -0.4 is 0 Å². The normalized spacial score (nSPS) is 14.4. The highest BCUT2D eigenvalue weighted by molar-refractivity contribution is 6.31. The molecule has 0 N–H and O–H groups in total. The summed E-state index contributed by atoms with van der Waals surface area (Å²) in [5, 5.41) is 8.50. The van der Waals surface area contributed by atoms with Crippen LogP contribution >= 0.6 is 0 Å². The fourth-order valence-electron chi connectivity index (χ4n) is 12.6. The van der Waals surface area contributed by atoms with E-state index >= 15 is 0 Å². The van der Waals surface area contributed by atoms with Gasteiger partial charge < -0.3 is 0 Å². The highest BCUT2D eigenvalue weighted by atomic mass is 14.5. The SMILES string of the molecule is CCCCCCC1(CCCCCC)c2cc(-c3cccc4c3CC4)ccc2-c2c1c1cccc3c(-c4ccc(-c5cccc6c5CC6)cc4-c4ccccc4)cc4cccc2c4c31. The zero-order chi connectivity index (χ0) is 42.1. The van der Waals surface area contributed by atoms with Gasteiger partial charge in [0, 0.05) is 5.41 Å². The summed E-state index contributed by atoms with van der Waals surface area (Å²) in [5.74, 6) is 0. The number of hydrogen-bond acceptors (Lipinski definition) is 0. The molecule has 63 heavy (non-hydrogen) atoms. The summed E-state index contributed by atoms with van der Waals surface area (Å²) in [7, 11) is 0. The lowest BCUT2D eigenvalue weighted by molar-refractivity contribution is 0.403. The second kappa shape index (κ2) is 15.7. The highest BCUT2D eigenvalue weighted by Crippen LogP contribution is 2.61. The summed E-state index contributed by atoms with van der Waals surface area (Å²) < 4.78 is 0.